The molecule has 1 aromatic carbocycles. The van der Waals surface area contributed by atoms with E-state index in [1.807, 2.05) is 25.3 Å². The molecule has 2 aliphatic heterocycles. The van der Waals surface area contributed by atoms with Crippen LogP contribution in [0.1, 0.15) is 63.5 Å². The summed E-state index contributed by atoms with van der Waals surface area (Å²) in [6.45, 7) is 5.30. The molecule has 0 radical (unpaired) electrons. The number of benzene rings is 1. The average Bonchev–Trinajstić information content (AvgIpc) is 3.85. The number of ether oxygens (including phenoxy) is 4. The monoisotopic (exact) mass is 668 g/mol. The zero-order chi connectivity index (χ0) is 33.6. The van der Waals surface area contributed by atoms with E-state index in [0.717, 1.165) is 62.1 Å². The van der Waals surface area contributed by atoms with Crippen LogP contribution in [0.3, 0.4) is 0 Å². The van der Waals surface area contributed by atoms with Gasteiger partial charge in [0.15, 0.2) is 0 Å². The molecule has 3 atom stereocenters. The van der Waals surface area contributed by atoms with Gasteiger partial charge in [0.25, 0.3) is 5.88 Å². The Morgan fingerprint density at radius 2 is 1.76 bits per heavy atom. The van der Waals surface area contributed by atoms with E-state index in [0.29, 0.717) is 67.1 Å². The topological polar surface area (TPSA) is 150 Å². The van der Waals surface area contributed by atoms with E-state index in [1.54, 1.807) is 36.6 Å². The third kappa shape index (κ3) is 7.69. The first-order valence-corrected chi connectivity index (χ1v) is 17.3. The van der Waals surface area contributed by atoms with E-state index >= 15 is 0 Å². The van der Waals surface area contributed by atoms with E-state index in [4.69, 9.17) is 24.0 Å². The van der Waals surface area contributed by atoms with Crippen LogP contribution in [0.15, 0.2) is 49.4 Å². The highest BCUT2D eigenvalue weighted by molar-refractivity contribution is 5.67. The van der Waals surface area contributed by atoms with Crippen molar-refractivity contribution in [2.24, 2.45) is 0 Å². The first-order valence-electron chi connectivity index (χ1n) is 17.3. The van der Waals surface area contributed by atoms with Crippen LogP contribution in [0.2, 0.25) is 0 Å². The van der Waals surface area contributed by atoms with Gasteiger partial charge in [-0.05, 0) is 63.1 Å². The van der Waals surface area contributed by atoms with Gasteiger partial charge in [0.05, 0.1) is 44.2 Å². The number of nitriles is 1. The molecule has 258 valence electrons. The zero-order valence-corrected chi connectivity index (χ0v) is 28.1. The molecule has 0 unspecified atom stereocenters. The molecule has 3 fully saturated rings. The number of nitrogens with zero attached hydrogens (tertiary/aromatic N) is 9. The summed E-state index contributed by atoms with van der Waals surface area (Å²) in [5.41, 5.74) is 2.81. The average molecular weight is 669 g/mol. The summed E-state index contributed by atoms with van der Waals surface area (Å²) >= 11 is 0. The molecule has 5 heterocycles. The molecule has 2 bridgehead atoms. The Kier molecular flexibility index (Phi) is 10.3. The molecule has 4 aromatic rings. The lowest BCUT2D eigenvalue weighted by Gasteiger charge is -2.43. The van der Waals surface area contributed by atoms with Crippen LogP contribution in [-0.4, -0.2) is 97.2 Å². The summed E-state index contributed by atoms with van der Waals surface area (Å²) in [5, 5.41) is 22.1. The molecule has 49 heavy (non-hydrogen) atoms. The normalized spacial score (nSPS) is 22.8. The Bertz CT molecular complexity index is 1680. The summed E-state index contributed by atoms with van der Waals surface area (Å²) in [5.74, 6) is 1.46. The van der Waals surface area contributed by atoms with Gasteiger partial charge in [0, 0.05) is 56.2 Å². The van der Waals surface area contributed by atoms with Crippen molar-refractivity contribution in [2.45, 2.75) is 88.7 Å². The number of anilines is 2. The summed E-state index contributed by atoms with van der Waals surface area (Å²) in [7, 11) is 1.69. The molecule has 7 rings (SSSR count). The van der Waals surface area contributed by atoms with Crippen molar-refractivity contribution in [2.75, 3.05) is 38.9 Å². The molecule has 2 saturated heterocycles. The molecule has 1 aliphatic carbocycles. The molecular weight excluding hydrogens is 624 g/mol. The molecule has 0 spiro atoms. The van der Waals surface area contributed by atoms with Crippen LogP contribution < -0.4 is 14.8 Å². The fourth-order valence-electron chi connectivity index (χ4n) is 7.40. The number of aromatic nitrogens is 7. The number of methoxy groups -OCH3 is 1. The van der Waals surface area contributed by atoms with Crippen molar-refractivity contribution in [3.8, 4) is 28.8 Å². The Morgan fingerprint density at radius 1 is 1.00 bits per heavy atom. The van der Waals surface area contributed by atoms with E-state index < -0.39 is 0 Å². The number of rotatable bonds is 14. The maximum absolute atomic E-state index is 9.68. The number of hydrogen-bond acceptors (Lipinski definition) is 12. The highest BCUT2D eigenvalue weighted by atomic mass is 16.5. The molecule has 0 amide bonds. The largest absolute Gasteiger partial charge is 0.487 e. The maximum Gasteiger partial charge on any atom is 0.256 e. The summed E-state index contributed by atoms with van der Waals surface area (Å²) in [4.78, 5) is 16.0. The van der Waals surface area contributed by atoms with E-state index in [2.05, 4.69) is 41.0 Å². The minimum Gasteiger partial charge on any atom is -0.487 e. The predicted octanol–water partition coefficient (Wildman–Crippen LogP) is 4.78. The lowest BCUT2D eigenvalue weighted by molar-refractivity contribution is -0.0458. The molecule has 14 heteroatoms. The predicted molar refractivity (Wildman–Crippen MR) is 181 cm³/mol. The highest BCUT2D eigenvalue weighted by Gasteiger charge is 2.42. The second kappa shape index (κ2) is 15.3. The molecule has 3 aliphatic rings. The second-order valence-corrected chi connectivity index (χ2v) is 13.1. The number of nitrogens with one attached hydrogen (secondary N) is 1. The summed E-state index contributed by atoms with van der Waals surface area (Å²) in [6.07, 6.45) is 16.2. The maximum atomic E-state index is 9.68. The van der Waals surface area contributed by atoms with E-state index in [1.165, 1.54) is 19.2 Å². The van der Waals surface area contributed by atoms with Crippen LogP contribution in [0.25, 0.3) is 11.1 Å². The Balaban J connectivity index is 1.02. The SMILES string of the molecule is COCCCOc1nn(C2CCC(N3[C@@H]4CC[C@H]3COC4)CC2)cc1Nc1ncc(-c2ccc(C#N)c(O[C@@H](C)Cn3cncn3)c2)cn1. The van der Waals surface area contributed by atoms with E-state index in [9.17, 15) is 5.26 Å². The van der Waals surface area contributed by atoms with E-state index in [-0.39, 0.29) is 6.10 Å². The fourth-order valence-corrected chi connectivity index (χ4v) is 7.40. The molecule has 1 saturated carbocycles. The van der Waals surface area contributed by atoms with Crippen LogP contribution in [-0.2, 0) is 16.0 Å². The first kappa shape index (κ1) is 32.9. The van der Waals surface area contributed by atoms with Crippen molar-refractivity contribution in [3.63, 3.8) is 0 Å². The number of hydrogen-bond donors (Lipinski definition) is 1. The zero-order valence-electron chi connectivity index (χ0n) is 28.1. The van der Waals surface area contributed by atoms with Crippen LogP contribution in [0.5, 0.6) is 11.6 Å². The van der Waals surface area contributed by atoms with Gasteiger partial charge in [-0.25, -0.2) is 19.6 Å². The van der Waals surface area contributed by atoms with Crippen LogP contribution in [0.4, 0.5) is 11.6 Å². The quantitative estimate of drug-likeness (QED) is 0.184. The lowest BCUT2D eigenvalue weighted by Crippen LogP contribution is -2.52. The molecule has 1 N–H and O–H groups in total. The fraction of sp³-hybridized carbons (Fsp3) is 0.543. The van der Waals surface area contributed by atoms with Crippen molar-refractivity contribution >= 4 is 11.6 Å². The van der Waals surface area contributed by atoms with Gasteiger partial charge < -0.3 is 24.3 Å². The van der Waals surface area contributed by atoms with Crippen molar-refractivity contribution in [1.82, 2.24) is 39.4 Å². The summed E-state index contributed by atoms with van der Waals surface area (Å²) < 4.78 is 27.1. The van der Waals surface area contributed by atoms with Crippen molar-refractivity contribution in [1.29, 1.82) is 5.26 Å². The van der Waals surface area contributed by atoms with Gasteiger partial charge >= 0.3 is 0 Å². The standard InChI is InChI=1S/C35H44N10O4/c1-24(18-43-23-37-22-40-43)49-33-14-25(4-5-26(33)15-36)27-16-38-35(39-17-27)41-32-19-44(42-34(32)48-13-3-12-46-2)28-6-8-29(9-7-28)45-30-10-11-31(45)21-47-20-30/h4-5,14,16-17,19,22-24,28-31H,3,6-13,18,20-21H2,1-2H3,(H,38,39,41)/t24-,28?,29?,30-,31+/m0/s1. The van der Waals surface area contributed by atoms with Gasteiger partial charge in [-0.15, -0.1) is 5.10 Å². The third-order valence-electron chi connectivity index (χ3n) is 9.76. The van der Waals surface area contributed by atoms with Gasteiger partial charge in [0.1, 0.15) is 36.3 Å². The highest BCUT2D eigenvalue weighted by Crippen LogP contribution is 2.39. The van der Waals surface area contributed by atoms with Gasteiger partial charge in [-0.1, -0.05) is 6.07 Å². The minimum absolute atomic E-state index is 0.228. The first-order chi connectivity index (χ1) is 24.1. The van der Waals surface area contributed by atoms with Crippen LogP contribution in [0, 0.1) is 11.3 Å². The Labute approximate surface area is 286 Å². The molecule has 3 aromatic heterocycles. The van der Waals surface area contributed by atoms with Crippen molar-refractivity contribution in [3.05, 3.63) is 55.0 Å². The lowest BCUT2D eigenvalue weighted by atomic mass is 9.89. The van der Waals surface area contributed by atoms with Crippen LogP contribution >= 0.6 is 0 Å². The summed E-state index contributed by atoms with van der Waals surface area (Å²) in [6, 6.07) is 9.79. The van der Waals surface area contributed by atoms with Gasteiger partial charge in [-0.3, -0.25) is 9.58 Å². The van der Waals surface area contributed by atoms with Gasteiger partial charge in [0.2, 0.25) is 5.95 Å². The number of fused-ring (bicyclic) bond motifs is 2. The smallest absolute Gasteiger partial charge is 0.256 e. The second-order valence-electron chi connectivity index (χ2n) is 13.1. The third-order valence-corrected chi connectivity index (χ3v) is 9.76. The Hall–Kier alpha value is -4.58. The van der Waals surface area contributed by atoms with Gasteiger partial charge in [-0.2, -0.15) is 10.4 Å². The molecular formula is C35H44N10O4. The molecule has 14 nitrogen and oxygen atoms in total. The minimum atomic E-state index is -0.228. The number of morpholine rings is 1. The Morgan fingerprint density at radius 3 is 2.47 bits per heavy atom. The van der Waals surface area contributed by atoms with Crippen molar-refractivity contribution < 1.29 is 18.9 Å².